The van der Waals surface area contributed by atoms with Gasteiger partial charge in [0.15, 0.2) is 5.76 Å². The van der Waals surface area contributed by atoms with E-state index in [4.69, 9.17) is 4.42 Å². The second kappa shape index (κ2) is 4.17. The Balaban J connectivity index is 2.07. The molecule has 1 aliphatic carbocycles. The summed E-state index contributed by atoms with van der Waals surface area (Å²) in [5.74, 6) is 0.454. The molecule has 0 spiro atoms. The molecule has 3 nitrogen and oxygen atoms in total. The highest BCUT2D eigenvalue weighted by Crippen LogP contribution is 2.28. The fraction of sp³-hybridized carbons (Fsp3) is 0.500. The van der Waals surface area contributed by atoms with Crippen LogP contribution in [-0.2, 0) is 0 Å². The number of hydrogen-bond acceptors (Lipinski definition) is 2. The molecule has 14 heavy (non-hydrogen) atoms. The van der Waals surface area contributed by atoms with Gasteiger partial charge in [0.05, 0.1) is 6.26 Å². The number of furan rings is 1. The molecular formula is C10H12BrNO2. The van der Waals surface area contributed by atoms with Crippen LogP contribution in [0.15, 0.2) is 22.8 Å². The minimum atomic E-state index is 0.0111. The topological polar surface area (TPSA) is 33.5 Å². The molecule has 0 unspecified atom stereocenters. The molecule has 1 saturated carbocycles. The number of rotatable bonds is 4. The van der Waals surface area contributed by atoms with E-state index in [9.17, 15) is 4.79 Å². The molecule has 0 aromatic carbocycles. The van der Waals surface area contributed by atoms with Crippen molar-refractivity contribution in [2.75, 3.05) is 11.9 Å². The first-order valence-corrected chi connectivity index (χ1v) is 5.85. The molecule has 0 aliphatic heterocycles. The Bertz CT molecular complexity index is 306. The van der Waals surface area contributed by atoms with Gasteiger partial charge in [-0.05, 0) is 25.0 Å². The van der Waals surface area contributed by atoms with Gasteiger partial charge in [0, 0.05) is 17.9 Å². The Morgan fingerprint density at radius 2 is 2.43 bits per heavy atom. The molecule has 2 rings (SSSR count). The van der Waals surface area contributed by atoms with Crippen LogP contribution in [0.2, 0.25) is 0 Å². The van der Waals surface area contributed by atoms with Crippen molar-refractivity contribution in [3.05, 3.63) is 24.2 Å². The van der Waals surface area contributed by atoms with Gasteiger partial charge >= 0.3 is 0 Å². The van der Waals surface area contributed by atoms with E-state index in [1.807, 2.05) is 4.90 Å². The summed E-state index contributed by atoms with van der Waals surface area (Å²) in [4.78, 5) is 13.8. The summed E-state index contributed by atoms with van der Waals surface area (Å²) in [7, 11) is 0. The lowest BCUT2D eigenvalue weighted by atomic mass is 10.3. The second-order valence-corrected chi connectivity index (χ2v) is 4.19. The molecule has 76 valence electrons. The number of hydrogen-bond donors (Lipinski definition) is 0. The highest BCUT2D eigenvalue weighted by Gasteiger charge is 2.33. The number of alkyl halides is 1. The highest BCUT2D eigenvalue weighted by atomic mass is 79.9. The molecule has 1 aliphatic rings. The Labute approximate surface area is 91.2 Å². The van der Waals surface area contributed by atoms with Crippen molar-refractivity contribution in [3.8, 4) is 0 Å². The normalized spacial score (nSPS) is 15.5. The van der Waals surface area contributed by atoms with E-state index in [1.165, 1.54) is 6.26 Å². The number of amides is 1. The Morgan fingerprint density at radius 1 is 1.64 bits per heavy atom. The molecular weight excluding hydrogens is 246 g/mol. The zero-order valence-electron chi connectivity index (χ0n) is 7.78. The predicted molar refractivity (Wildman–Crippen MR) is 56.6 cm³/mol. The van der Waals surface area contributed by atoms with Crippen molar-refractivity contribution in [1.82, 2.24) is 4.90 Å². The highest BCUT2D eigenvalue weighted by molar-refractivity contribution is 9.09. The average Bonchev–Trinajstić information content (AvgIpc) is 2.88. The van der Waals surface area contributed by atoms with Crippen LogP contribution in [0.4, 0.5) is 0 Å². The van der Waals surface area contributed by atoms with Crippen molar-refractivity contribution < 1.29 is 9.21 Å². The third kappa shape index (κ3) is 2.00. The first-order chi connectivity index (χ1) is 6.83. The maximum absolute atomic E-state index is 11.9. The summed E-state index contributed by atoms with van der Waals surface area (Å²) in [6.45, 7) is 0.754. The Kier molecular flexibility index (Phi) is 2.91. The molecule has 0 N–H and O–H groups in total. The van der Waals surface area contributed by atoms with Gasteiger partial charge in [0.25, 0.3) is 5.91 Å². The molecule has 1 fully saturated rings. The van der Waals surface area contributed by atoms with Gasteiger partial charge in [0.2, 0.25) is 0 Å². The third-order valence-corrected chi connectivity index (χ3v) is 2.66. The van der Waals surface area contributed by atoms with Crippen molar-refractivity contribution in [2.24, 2.45) is 0 Å². The van der Waals surface area contributed by atoms with Crippen molar-refractivity contribution in [2.45, 2.75) is 18.9 Å². The first-order valence-electron chi connectivity index (χ1n) is 4.73. The van der Waals surface area contributed by atoms with Gasteiger partial charge in [-0.2, -0.15) is 0 Å². The zero-order chi connectivity index (χ0) is 9.97. The van der Waals surface area contributed by atoms with Gasteiger partial charge in [-0.25, -0.2) is 0 Å². The fourth-order valence-electron chi connectivity index (χ4n) is 1.47. The number of carbonyl (C=O) groups is 1. The van der Waals surface area contributed by atoms with Crippen LogP contribution in [0, 0.1) is 0 Å². The van der Waals surface area contributed by atoms with Crippen molar-refractivity contribution in [1.29, 1.82) is 0 Å². The predicted octanol–water partition coefficient (Wildman–Crippen LogP) is 2.28. The van der Waals surface area contributed by atoms with Gasteiger partial charge in [-0.1, -0.05) is 15.9 Å². The van der Waals surface area contributed by atoms with E-state index in [0.717, 1.165) is 24.7 Å². The summed E-state index contributed by atoms with van der Waals surface area (Å²) < 4.78 is 5.09. The summed E-state index contributed by atoms with van der Waals surface area (Å²) in [6, 6.07) is 3.89. The minimum absolute atomic E-state index is 0.0111. The van der Waals surface area contributed by atoms with Crippen LogP contribution in [0.1, 0.15) is 23.4 Å². The second-order valence-electron chi connectivity index (χ2n) is 3.40. The molecule has 0 saturated heterocycles. The molecule has 1 heterocycles. The van der Waals surface area contributed by atoms with Gasteiger partial charge in [0.1, 0.15) is 0 Å². The van der Waals surface area contributed by atoms with E-state index in [-0.39, 0.29) is 5.91 Å². The zero-order valence-corrected chi connectivity index (χ0v) is 9.37. The van der Waals surface area contributed by atoms with Crippen LogP contribution >= 0.6 is 15.9 Å². The average molecular weight is 258 g/mol. The molecule has 1 amide bonds. The first kappa shape index (κ1) is 9.77. The SMILES string of the molecule is O=C(c1ccco1)N(CCBr)C1CC1. The van der Waals surface area contributed by atoms with E-state index in [1.54, 1.807) is 12.1 Å². The molecule has 1 aromatic rings. The molecule has 0 atom stereocenters. The van der Waals surface area contributed by atoms with Crippen LogP contribution in [-0.4, -0.2) is 28.7 Å². The van der Waals surface area contributed by atoms with Crippen LogP contribution < -0.4 is 0 Å². The maximum Gasteiger partial charge on any atom is 0.289 e. The smallest absolute Gasteiger partial charge is 0.289 e. The largest absolute Gasteiger partial charge is 0.459 e. The summed E-state index contributed by atoms with van der Waals surface area (Å²) in [5.41, 5.74) is 0. The number of carbonyl (C=O) groups excluding carboxylic acids is 1. The van der Waals surface area contributed by atoms with Gasteiger partial charge in [-0.15, -0.1) is 0 Å². The van der Waals surface area contributed by atoms with E-state index in [2.05, 4.69) is 15.9 Å². The lowest BCUT2D eigenvalue weighted by Gasteiger charge is -2.19. The van der Waals surface area contributed by atoms with Gasteiger partial charge < -0.3 is 9.32 Å². The quantitative estimate of drug-likeness (QED) is 0.776. The number of nitrogens with zero attached hydrogens (tertiary/aromatic N) is 1. The molecule has 0 radical (unpaired) electrons. The Morgan fingerprint density at radius 3 is 2.93 bits per heavy atom. The molecule has 1 aromatic heterocycles. The van der Waals surface area contributed by atoms with E-state index < -0.39 is 0 Å². The summed E-state index contributed by atoms with van der Waals surface area (Å²) >= 11 is 3.35. The lowest BCUT2D eigenvalue weighted by molar-refractivity contribution is 0.0722. The number of halogens is 1. The maximum atomic E-state index is 11.9. The van der Waals surface area contributed by atoms with Crippen molar-refractivity contribution in [3.63, 3.8) is 0 Å². The summed E-state index contributed by atoms with van der Waals surface area (Å²) in [5, 5.41) is 0.815. The fourth-order valence-corrected chi connectivity index (χ4v) is 1.85. The molecule has 0 bridgehead atoms. The van der Waals surface area contributed by atoms with Gasteiger partial charge in [-0.3, -0.25) is 4.79 Å². The molecule has 4 heteroatoms. The summed E-state index contributed by atoms with van der Waals surface area (Å²) in [6.07, 6.45) is 3.78. The van der Waals surface area contributed by atoms with Crippen LogP contribution in [0.3, 0.4) is 0 Å². The van der Waals surface area contributed by atoms with E-state index >= 15 is 0 Å². The van der Waals surface area contributed by atoms with Crippen LogP contribution in [0.5, 0.6) is 0 Å². The Hall–Kier alpha value is -0.770. The lowest BCUT2D eigenvalue weighted by Crippen LogP contribution is -2.34. The van der Waals surface area contributed by atoms with Crippen LogP contribution in [0.25, 0.3) is 0 Å². The monoisotopic (exact) mass is 257 g/mol. The third-order valence-electron chi connectivity index (χ3n) is 2.31. The standard InChI is InChI=1S/C10H12BrNO2/c11-5-6-12(8-3-4-8)10(13)9-2-1-7-14-9/h1-2,7-8H,3-6H2. The minimum Gasteiger partial charge on any atom is -0.459 e. The van der Waals surface area contributed by atoms with Crippen molar-refractivity contribution >= 4 is 21.8 Å². The van der Waals surface area contributed by atoms with E-state index in [0.29, 0.717) is 11.8 Å².